The molecule has 5 aromatic carbocycles. The van der Waals surface area contributed by atoms with Crippen LogP contribution in [0, 0.1) is 0 Å². The summed E-state index contributed by atoms with van der Waals surface area (Å²) in [6.07, 6.45) is 1.06. The number of hydrogen-bond donors (Lipinski definition) is 2. The maximum atomic E-state index is 14.5. The van der Waals surface area contributed by atoms with E-state index in [1.54, 1.807) is 37.4 Å². The molecule has 81 heavy (non-hydrogen) atoms. The first-order chi connectivity index (χ1) is 39.3. The quantitative estimate of drug-likeness (QED) is 0.0385. The molecule has 5 aromatic rings. The third-order valence-electron chi connectivity index (χ3n) is 14.8. The molecule has 0 spiro atoms. The average molecular weight is 1130 g/mol. The number of nitrogens with one attached hydrogen (secondary N) is 2. The number of carbonyl (C=O) groups is 5. The molecular formula is C58H64N6O16S. The lowest BCUT2D eigenvalue weighted by Crippen LogP contribution is -2.49. The summed E-state index contributed by atoms with van der Waals surface area (Å²) in [6, 6.07) is 26.5. The molecule has 5 aliphatic heterocycles. The largest absolute Gasteiger partial charge is 0.493 e. The van der Waals surface area contributed by atoms with Gasteiger partial charge >= 0.3 is 5.97 Å². The van der Waals surface area contributed by atoms with Crippen LogP contribution in [0.4, 0.5) is 28.4 Å². The topological polar surface area (TPSA) is 240 Å². The van der Waals surface area contributed by atoms with Gasteiger partial charge in [-0.1, -0.05) is 36.4 Å². The minimum Gasteiger partial charge on any atom is -0.493 e. The highest BCUT2D eigenvalue weighted by Crippen LogP contribution is 2.44. The van der Waals surface area contributed by atoms with Crippen LogP contribution in [0.25, 0.3) is 0 Å². The maximum absolute atomic E-state index is 14.5. The van der Waals surface area contributed by atoms with Crippen LogP contribution in [0.1, 0.15) is 68.7 Å². The van der Waals surface area contributed by atoms with Gasteiger partial charge < -0.3 is 63.3 Å². The molecule has 0 aliphatic carbocycles. The van der Waals surface area contributed by atoms with Gasteiger partial charge in [-0.3, -0.25) is 23.4 Å². The van der Waals surface area contributed by atoms with E-state index in [0.29, 0.717) is 103 Å². The lowest BCUT2D eigenvalue weighted by molar-refractivity contribution is -0.197. The second-order valence-corrected chi connectivity index (χ2v) is 21.7. The van der Waals surface area contributed by atoms with Crippen LogP contribution in [0.15, 0.2) is 91.0 Å². The molecule has 5 aliphatic rings. The van der Waals surface area contributed by atoms with Crippen LogP contribution in [-0.2, 0) is 73.8 Å². The molecule has 22 nitrogen and oxygen atoms in total. The van der Waals surface area contributed by atoms with Crippen molar-refractivity contribution in [2.45, 2.75) is 69.2 Å². The molecule has 3 atom stereocenters. The predicted molar refractivity (Wildman–Crippen MR) is 297 cm³/mol. The molecule has 2 N–H and O–H groups in total. The van der Waals surface area contributed by atoms with Crippen molar-refractivity contribution in [1.82, 2.24) is 5.06 Å². The number of hydrogen-bond acceptors (Lipinski definition) is 19. The summed E-state index contributed by atoms with van der Waals surface area (Å²) in [6.45, 7) is 2.82. The van der Waals surface area contributed by atoms with Crippen molar-refractivity contribution < 1.29 is 74.6 Å². The van der Waals surface area contributed by atoms with E-state index in [9.17, 15) is 32.4 Å². The Kier molecular flexibility index (Phi) is 17.3. The Bertz CT molecular complexity index is 3310. The third-order valence-corrected chi connectivity index (χ3v) is 16.3. The van der Waals surface area contributed by atoms with Gasteiger partial charge in [-0.25, -0.2) is 4.79 Å². The summed E-state index contributed by atoms with van der Waals surface area (Å²) in [7, 11) is 1.36. The number of hydroxylamine groups is 2. The summed E-state index contributed by atoms with van der Waals surface area (Å²) in [5.74, 6) is -1.34. The summed E-state index contributed by atoms with van der Waals surface area (Å²) in [5, 5.41) is 5.78. The average Bonchev–Trinajstić information content (AvgIpc) is 3.71. The van der Waals surface area contributed by atoms with Gasteiger partial charge in [-0.2, -0.15) is 8.42 Å². The molecular weight excluding hydrogens is 1070 g/mol. The highest BCUT2D eigenvalue weighted by Gasteiger charge is 2.48. The first-order valence-electron chi connectivity index (χ1n) is 26.7. The van der Waals surface area contributed by atoms with Crippen LogP contribution in [0.3, 0.4) is 0 Å². The van der Waals surface area contributed by atoms with Crippen LogP contribution in [0.5, 0.6) is 23.0 Å². The van der Waals surface area contributed by atoms with Crippen molar-refractivity contribution in [2.24, 2.45) is 0 Å². The molecule has 4 amide bonds. The zero-order valence-electron chi connectivity index (χ0n) is 45.4. The molecule has 1 unspecified atom stereocenters. The molecule has 5 heterocycles. The fourth-order valence-corrected chi connectivity index (χ4v) is 11.9. The lowest BCUT2D eigenvalue weighted by atomic mass is 10.1. The Hall–Kier alpha value is -7.96. The fraction of sp³-hybridized carbons (Fsp3) is 0.397. The van der Waals surface area contributed by atoms with E-state index in [1.807, 2.05) is 64.4 Å². The Morgan fingerprint density at radius 1 is 0.654 bits per heavy atom. The number of anilines is 5. The van der Waals surface area contributed by atoms with Crippen molar-refractivity contribution in [3.8, 4) is 23.0 Å². The maximum Gasteiger partial charge on any atom is 0.333 e. The van der Waals surface area contributed by atoms with Crippen molar-refractivity contribution in [3.63, 3.8) is 0 Å². The number of methoxy groups -OCH3 is 3. The highest BCUT2D eigenvalue weighted by atomic mass is 32.2. The number of amides is 4. The van der Waals surface area contributed by atoms with E-state index in [1.165, 1.54) is 25.2 Å². The minimum atomic E-state index is -4.27. The number of benzene rings is 5. The molecule has 1 fully saturated rings. The normalized spacial score (nSPS) is 17.9. The Morgan fingerprint density at radius 3 is 1.88 bits per heavy atom. The molecule has 23 heteroatoms. The number of para-hydroxylation sites is 2. The number of carbonyl (C=O) groups excluding carboxylic acids is 5. The van der Waals surface area contributed by atoms with Crippen molar-refractivity contribution in [1.29, 1.82) is 0 Å². The number of ether oxygens (including phenoxy) is 7. The van der Waals surface area contributed by atoms with Crippen molar-refractivity contribution in [3.05, 3.63) is 124 Å². The van der Waals surface area contributed by atoms with Crippen LogP contribution < -0.4 is 44.3 Å². The molecule has 428 valence electrons. The second-order valence-electron chi connectivity index (χ2n) is 19.9. The summed E-state index contributed by atoms with van der Waals surface area (Å²) in [5.41, 5.74) is 6.82. The number of nitrogens with zero attached hydrogens (tertiary/aromatic N) is 4. The number of rotatable bonds is 25. The van der Waals surface area contributed by atoms with Crippen LogP contribution >= 0.6 is 0 Å². The van der Waals surface area contributed by atoms with Crippen LogP contribution in [0.2, 0.25) is 0 Å². The van der Waals surface area contributed by atoms with Gasteiger partial charge in [0.1, 0.15) is 13.2 Å². The van der Waals surface area contributed by atoms with Crippen molar-refractivity contribution >= 4 is 68.2 Å². The van der Waals surface area contributed by atoms with E-state index < -0.39 is 45.2 Å². The van der Waals surface area contributed by atoms with Gasteiger partial charge in [0, 0.05) is 75.2 Å². The summed E-state index contributed by atoms with van der Waals surface area (Å²) >= 11 is 0. The Labute approximate surface area is 469 Å². The number of imide groups is 1. The minimum absolute atomic E-state index is 0.00375. The Balaban J connectivity index is 0.951. The van der Waals surface area contributed by atoms with Gasteiger partial charge in [0.2, 0.25) is 0 Å². The van der Waals surface area contributed by atoms with Gasteiger partial charge in [-0.15, -0.1) is 5.06 Å². The smallest absolute Gasteiger partial charge is 0.333 e. The van der Waals surface area contributed by atoms with Gasteiger partial charge in [0.25, 0.3) is 33.7 Å². The van der Waals surface area contributed by atoms with E-state index in [2.05, 4.69) is 10.6 Å². The van der Waals surface area contributed by atoms with Gasteiger partial charge in [0.15, 0.2) is 28.4 Å². The molecule has 1 saturated heterocycles. The first-order valence-corrected chi connectivity index (χ1v) is 28.2. The third kappa shape index (κ3) is 12.1. The standard InChI is InChI=1S/C58H64N6O16S/c1-72-20-21-77-23-22-76-19-18-61(17-9-14-55(67)80-64-53(65)15-16-54(64)66)40-25-36(34-78-51-31-44-42(29-49(51)73-2)57(68)62-41(33-59-44)27-38-10-5-7-12-46(38)62)24-37(26-40)35-79-52-32-45-43(30-50(52)74-3)58(69)63-47-13-8-6-11-39(47)28-48(63)56(60-45)81(70,71)75-4/h5-8,10-13,24-26,29-32,41,48,56,59-60H,9,14-23,27-28,33-35H2,1-4H3/t41-,48-,56?/m0/s1. The molecule has 0 aromatic heterocycles. The molecule has 10 rings (SSSR count). The van der Waals surface area contributed by atoms with E-state index in [-0.39, 0.29) is 86.6 Å². The molecule has 0 saturated carbocycles. The second kappa shape index (κ2) is 24.8. The SMILES string of the molecule is COCCOCCOCCN(CCCC(=O)ON1C(=O)CCC1=O)c1cc(COc2cc3c(cc2OC)C(=O)N2c4ccccc4C[C@H]2CN3)cc(COc2cc3c(cc2OC)C(=O)N2c4ccccc4C[C@H]2C(S(=O)(=O)OC)N3)c1. The Morgan fingerprint density at radius 2 is 1.23 bits per heavy atom. The van der Waals surface area contributed by atoms with Crippen molar-refractivity contribution in [2.75, 3.05) is 106 Å². The van der Waals surface area contributed by atoms with E-state index in [4.69, 9.17) is 42.2 Å². The lowest BCUT2D eigenvalue weighted by Gasteiger charge is -2.28. The van der Waals surface area contributed by atoms with Crippen LogP contribution in [-0.4, -0.2) is 142 Å². The number of fused-ring (bicyclic) bond motifs is 8. The van der Waals surface area contributed by atoms with E-state index >= 15 is 0 Å². The monoisotopic (exact) mass is 1130 g/mol. The zero-order chi connectivity index (χ0) is 56.8. The highest BCUT2D eigenvalue weighted by molar-refractivity contribution is 7.87. The molecule has 0 radical (unpaired) electrons. The fourth-order valence-electron chi connectivity index (χ4n) is 10.8. The summed E-state index contributed by atoms with van der Waals surface area (Å²) in [4.78, 5) is 76.8. The van der Waals surface area contributed by atoms with Gasteiger partial charge in [0.05, 0.1) is 88.9 Å². The summed E-state index contributed by atoms with van der Waals surface area (Å²) < 4.78 is 73.9. The van der Waals surface area contributed by atoms with Gasteiger partial charge in [-0.05, 0) is 84.0 Å². The first kappa shape index (κ1) is 56.3. The predicted octanol–water partition coefficient (Wildman–Crippen LogP) is 6.03. The van der Waals surface area contributed by atoms with E-state index in [0.717, 1.165) is 23.9 Å². The zero-order valence-corrected chi connectivity index (χ0v) is 46.3. The molecule has 0 bridgehead atoms.